The monoisotopic (exact) mass is 289 g/mol. The van der Waals surface area contributed by atoms with Crippen LogP contribution in [0, 0.1) is 0 Å². The van der Waals surface area contributed by atoms with E-state index in [1.807, 2.05) is 38.1 Å². The van der Waals surface area contributed by atoms with Crippen LogP contribution < -0.4 is 0 Å². The Balaban J connectivity index is 2.24. The summed E-state index contributed by atoms with van der Waals surface area (Å²) >= 11 is 0. The molecule has 0 aliphatic carbocycles. The average molecular weight is 289 g/mol. The predicted octanol–water partition coefficient (Wildman–Crippen LogP) is 4.79. The minimum atomic E-state index is -4.39. The molecule has 0 atom stereocenters. The molecule has 0 N–H and O–H groups in total. The fourth-order valence-electron chi connectivity index (χ4n) is 2.77. The first-order valence-corrected chi connectivity index (χ1v) is 6.67. The van der Waals surface area contributed by atoms with Crippen molar-refractivity contribution in [3.05, 3.63) is 70.8 Å². The molecular formula is C17H14F3N. The van der Waals surface area contributed by atoms with Crippen LogP contribution in [0.4, 0.5) is 13.2 Å². The number of alkyl halides is 3. The molecule has 0 bridgehead atoms. The van der Waals surface area contributed by atoms with E-state index < -0.39 is 17.3 Å². The third-order valence-electron chi connectivity index (χ3n) is 3.72. The molecule has 0 spiro atoms. The Morgan fingerprint density at radius 2 is 1.43 bits per heavy atom. The van der Waals surface area contributed by atoms with Crippen LogP contribution in [0.1, 0.15) is 36.1 Å². The summed E-state index contributed by atoms with van der Waals surface area (Å²) in [5.74, 6) is 0. The lowest BCUT2D eigenvalue weighted by atomic mass is 9.91. The molecule has 1 nitrogen and oxygen atoms in total. The summed E-state index contributed by atoms with van der Waals surface area (Å²) < 4.78 is 39.6. The second kappa shape index (κ2) is 4.45. The molecule has 3 rings (SSSR count). The molecule has 2 aromatic carbocycles. The van der Waals surface area contributed by atoms with Crippen LogP contribution in [0.15, 0.2) is 53.5 Å². The molecular weight excluding hydrogens is 275 g/mol. The van der Waals surface area contributed by atoms with E-state index in [9.17, 15) is 13.2 Å². The van der Waals surface area contributed by atoms with E-state index in [0.29, 0.717) is 5.71 Å². The number of nitrogens with zero attached hydrogens (tertiary/aromatic N) is 1. The molecule has 0 aromatic heterocycles. The summed E-state index contributed by atoms with van der Waals surface area (Å²) in [6.45, 7) is 3.82. The average Bonchev–Trinajstić information content (AvgIpc) is 2.71. The maximum absolute atomic E-state index is 13.2. The zero-order valence-corrected chi connectivity index (χ0v) is 11.7. The molecule has 1 heterocycles. The molecule has 1 aliphatic rings. The lowest BCUT2D eigenvalue weighted by Gasteiger charge is -2.15. The molecule has 108 valence electrons. The Labute approximate surface area is 121 Å². The van der Waals surface area contributed by atoms with Gasteiger partial charge in [-0.3, -0.25) is 4.99 Å². The lowest BCUT2D eigenvalue weighted by Crippen LogP contribution is -2.13. The summed E-state index contributed by atoms with van der Waals surface area (Å²) in [4.78, 5) is 4.55. The summed E-state index contributed by atoms with van der Waals surface area (Å²) in [5.41, 5.74) is 1.14. The van der Waals surface area contributed by atoms with Crippen molar-refractivity contribution in [2.75, 3.05) is 0 Å². The molecule has 0 saturated heterocycles. The van der Waals surface area contributed by atoms with Gasteiger partial charge in [-0.1, -0.05) is 42.5 Å². The maximum Gasteiger partial charge on any atom is 0.417 e. The Morgan fingerprint density at radius 3 is 2.10 bits per heavy atom. The first-order valence-electron chi connectivity index (χ1n) is 6.67. The number of benzene rings is 2. The zero-order chi connectivity index (χ0) is 15.3. The van der Waals surface area contributed by atoms with E-state index in [1.165, 1.54) is 12.1 Å². The molecule has 0 saturated carbocycles. The predicted molar refractivity (Wildman–Crippen MR) is 76.6 cm³/mol. The van der Waals surface area contributed by atoms with E-state index in [-0.39, 0.29) is 5.56 Å². The van der Waals surface area contributed by atoms with Crippen LogP contribution >= 0.6 is 0 Å². The standard InChI is InChI=1S/C17H14F3N/c1-16(2)13-9-5-3-7-11(13)15(21-16)12-8-4-6-10-14(12)17(18,19)20/h3-10H,1-2H3. The zero-order valence-electron chi connectivity index (χ0n) is 11.7. The fourth-order valence-corrected chi connectivity index (χ4v) is 2.77. The van der Waals surface area contributed by atoms with Crippen LogP contribution in [-0.2, 0) is 11.7 Å². The quantitative estimate of drug-likeness (QED) is 0.715. The van der Waals surface area contributed by atoms with Gasteiger partial charge < -0.3 is 0 Å². The van der Waals surface area contributed by atoms with Gasteiger partial charge in [-0.2, -0.15) is 13.2 Å². The van der Waals surface area contributed by atoms with Crippen molar-refractivity contribution < 1.29 is 13.2 Å². The lowest BCUT2D eigenvalue weighted by molar-refractivity contribution is -0.137. The third-order valence-corrected chi connectivity index (χ3v) is 3.72. The summed E-state index contributed by atoms with van der Waals surface area (Å²) in [7, 11) is 0. The van der Waals surface area contributed by atoms with Crippen molar-refractivity contribution in [2.24, 2.45) is 4.99 Å². The number of aliphatic imine (C=N–C) groups is 1. The van der Waals surface area contributed by atoms with Crippen molar-refractivity contribution in [3.8, 4) is 0 Å². The van der Waals surface area contributed by atoms with Gasteiger partial charge in [-0.05, 0) is 25.5 Å². The maximum atomic E-state index is 13.2. The van der Waals surface area contributed by atoms with Crippen LogP contribution in [0.3, 0.4) is 0 Å². The van der Waals surface area contributed by atoms with Gasteiger partial charge in [0.2, 0.25) is 0 Å². The van der Waals surface area contributed by atoms with E-state index in [2.05, 4.69) is 4.99 Å². The topological polar surface area (TPSA) is 12.4 Å². The second-order valence-electron chi connectivity index (χ2n) is 5.61. The Morgan fingerprint density at radius 1 is 0.857 bits per heavy atom. The van der Waals surface area contributed by atoms with Crippen LogP contribution in [-0.4, -0.2) is 5.71 Å². The molecule has 0 fully saturated rings. The highest BCUT2D eigenvalue weighted by Gasteiger charge is 2.38. The summed E-state index contributed by atoms with van der Waals surface area (Å²) in [6, 6.07) is 13.1. The van der Waals surface area contributed by atoms with Gasteiger partial charge >= 0.3 is 6.18 Å². The van der Waals surface area contributed by atoms with Crippen molar-refractivity contribution in [3.63, 3.8) is 0 Å². The number of halogens is 3. The van der Waals surface area contributed by atoms with E-state index >= 15 is 0 Å². The fraction of sp³-hybridized carbons (Fsp3) is 0.235. The van der Waals surface area contributed by atoms with Gasteiger partial charge in [0, 0.05) is 11.1 Å². The van der Waals surface area contributed by atoms with Crippen molar-refractivity contribution >= 4 is 5.71 Å². The first kappa shape index (κ1) is 13.9. The minimum absolute atomic E-state index is 0.142. The molecule has 4 heteroatoms. The van der Waals surface area contributed by atoms with Gasteiger partial charge in [0.15, 0.2) is 0 Å². The van der Waals surface area contributed by atoms with Crippen LogP contribution in [0.2, 0.25) is 0 Å². The number of hydrogen-bond donors (Lipinski definition) is 0. The molecule has 0 unspecified atom stereocenters. The highest BCUT2D eigenvalue weighted by Crippen LogP contribution is 2.39. The van der Waals surface area contributed by atoms with E-state index in [4.69, 9.17) is 0 Å². The van der Waals surface area contributed by atoms with Crippen molar-refractivity contribution in [1.29, 1.82) is 0 Å². The van der Waals surface area contributed by atoms with E-state index in [0.717, 1.165) is 17.2 Å². The normalized spacial score (nSPS) is 16.5. The minimum Gasteiger partial charge on any atom is -0.273 e. The van der Waals surface area contributed by atoms with Gasteiger partial charge in [-0.15, -0.1) is 0 Å². The highest BCUT2D eigenvalue weighted by molar-refractivity contribution is 6.16. The Bertz CT molecular complexity index is 727. The molecule has 0 amide bonds. The van der Waals surface area contributed by atoms with Crippen LogP contribution in [0.5, 0.6) is 0 Å². The highest BCUT2D eigenvalue weighted by atomic mass is 19.4. The largest absolute Gasteiger partial charge is 0.417 e. The van der Waals surface area contributed by atoms with Crippen molar-refractivity contribution in [2.45, 2.75) is 25.6 Å². The van der Waals surface area contributed by atoms with Crippen LogP contribution in [0.25, 0.3) is 0 Å². The van der Waals surface area contributed by atoms with Crippen molar-refractivity contribution in [1.82, 2.24) is 0 Å². The number of fused-ring (bicyclic) bond motifs is 1. The number of rotatable bonds is 1. The first-order chi connectivity index (χ1) is 9.81. The molecule has 1 aliphatic heterocycles. The Kier molecular flexibility index (Phi) is 2.94. The molecule has 21 heavy (non-hydrogen) atoms. The second-order valence-corrected chi connectivity index (χ2v) is 5.61. The molecule has 0 radical (unpaired) electrons. The SMILES string of the molecule is CC1(C)N=C(c2ccccc2C(F)(F)F)c2ccccc21. The van der Waals surface area contributed by atoms with Gasteiger partial charge in [0.1, 0.15) is 0 Å². The van der Waals surface area contributed by atoms with Gasteiger partial charge in [-0.25, -0.2) is 0 Å². The summed E-state index contributed by atoms with van der Waals surface area (Å²) in [5, 5.41) is 0. The van der Waals surface area contributed by atoms with Gasteiger partial charge in [0.25, 0.3) is 0 Å². The smallest absolute Gasteiger partial charge is 0.273 e. The molecule has 2 aromatic rings. The van der Waals surface area contributed by atoms with E-state index in [1.54, 1.807) is 6.07 Å². The third kappa shape index (κ3) is 2.24. The van der Waals surface area contributed by atoms with Gasteiger partial charge in [0.05, 0.1) is 16.8 Å². The summed E-state index contributed by atoms with van der Waals surface area (Å²) in [6.07, 6.45) is -4.39. The number of hydrogen-bond acceptors (Lipinski definition) is 1. The Hall–Kier alpha value is -2.10.